The van der Waals surface area contributed by atoms with Crippen molar-refractivity contribution in [2.75, 3.05) is 5.32 Å². The molecule has 2 heterocycles. The molecular formula is C19H24N4. The summed E-state index contributed by atoms with van der Waals surface area (Å²) in [5.74, 6) is 2.04. The van der Waals surface area contributed by atoms with E-state index in [1.807, 2.05) is 18.5 Å². The second-order valence-electron chi connectivity index (χ2n) is 6.95. The largest absolute Gasteiger partial charge is 0.346 e. The van der Waals surface area contributed by atoms with Crippen LogP contribution in [0.2, 0.25) is 0 Å². The van der Waals surface area contributed by atoms with Crippen LogP contribution in [0.25, 0.3) is 0 Å². The second-order valence-corrected chi connectivity index (χ2v) is 6.95. The predicted octanol–water partition coefficient (Wildman–Crippen LogP) is 4.40. The molecule has 0 spiro atoms. The Bertz CT molecular complexity index is 675. The lowest BCUT2D eigenvalue weighted by Gasteiger charge is -2.20. The van der Waals surface area contributed by atoms with Crippen LogP contribution in [-0.2, 0) is 0 Å². The van der Waals surface area contributed by atoms with Crippen molar-refractivity contribution in [2.45, 2.75) is 57.4 Å². The maximum absolute atomic E-state index is 4.81. The molecule has 120 valence electrons. The van der Waals surface area contributed by atoms with Crippen molar-refractivity contribution in [3.63, 3.8) is 0 Å². The summed E-state index contributed by atoms with van der Waals surface area (Å²) in [6.45, 7) is 2.13. The van der Waals surface area contributed by atoms with Gasteiger partial charge in [-0.25, -0.2) is 9.97 Å². The number of rotatable bonds is 5. The van der Waals surface area contributed by atoms with E-state index < -0.39 is 0 Å². The molecule has 0 aliphatic heterocycles. The Kier molecular flexibility index (Phi) is 3.98. The zero-order valence-corrected chi connectivity index (χ0v) is 13.7. The third-order valence-corrected chi connectivity index (χ3v) is 5.17. The Hall–Kier alpha value is -1.97. The van der Waals surface area contributed by atoms with E-state index >= 15 is 0 Å². The Labute approximate surface area is 137 Å². The molecule has 2 aliphatic carbocycles. The normalized spacial score (nSPS) is 19.7. The number of aromatic nitrogens is 3. The van der Waals surface area contributed by atoms with Crippen LogP contribution in [0, 0.1) is 12.8 Å². The van der Waals surface area contributed by atoms with Crippen LogP contribution in [-0.4, -0.2) is 15.0 Å². The molecule has 1 unspecified atom stereocenters. The fourth-order valence-electron chi connectivity index (χ4n) is 3.69. The van der Waals surface area contributed by atoms with E-state index in [4.69, 9.17) is 4.98 Å². The second kappa shape index (κ2) is 6.26. The van der Waals surface area contributed by atoms with Crippen molar-refractivity contribution in [2.24, 2.45) is 5.92 Å². The molecule has 23 heavy (non-hydrogen) atoms. The van der Waals surface area contributed by atoms with E-state index in [2.05, 4.69) is 34.3 Å². The van der Waals surface area contributed by atoms with Gasteiger partial charge in [0, 0.05) is 24.0 Å². The van der Waals surface area contributed by atoms with Gasteiger partial charge < -0.3 is 5.32 Å². The van der Waals surface area contributed by atoms with Crippen LogP contribution in [0.1, 0.15) is 67.4 Å². The van der Waals surface area contributed by atoms with Crippen molar-refractivity contribution in [1.29, 1.82) is 0 Å². The van der Waals surface area contributed by atoms with Gasteiger partial charge in [0.1, 0.15) is 0 Å². The van der Waals surface area contributed by atoms with Gasteiger partial charge in [-0.05, 0) is 56.2 Å². The first-order chi connectivity index (χ1) is 11.3. The SMILES string of the molecule is Cc1cccnc1C(Nc1nccc(C2CCCC2)n1)C1CC1. The molecule has 1 atom stereocenters. The molecule has 4 rings (SSSR count). The maximum atomic E-state index is 4.81. The molecule has 2 aromatic heterocycles. The highest BCUT2D eigenvalue weighted by Gasteiger charge is 2.34. The van der Waals surface area contributed by atoms with Gasteiger partial charge in [-0.15, -0.1) is 0 Å². The van der Waals surface area contributed by atoms with Crippen LogP contribution in [0.3, 0.4) is 0 Å². The molecule has 0 bridgehead atoms. The van der Waals surface area contributed by atoms with Crippen LogP contribution < -0.4 is 5.32 Å². The molecule has 2 aliphatic rings. The standard InChI is InChI=1S/C19H24N4/c1-13-5-4-11-20-17(13)18(15-8-9-15)23-19-21-12-10-16(22-19)14-6-2-3-7-14/h4-5,10-12,14-15,18H,2-3,6-9H2,1H3,(H,21,22,23). The third kappa shape index (κ3) is 3.21. The third-order valence-electron chi connectivity index (χ3n) is 5.17. The van der Waals surface area contributed by atoms with E-state index in [1.54, 1.807) is 0 Å². The summed E-state index contributed by atoms with van der Waals surface area (Å²) >= 11 is 0. The van der Waals surface area contributed by atoms with Gasteiger partial charge in [0.2, 0.25) is 5.95 Å². The van der Waals surface area contributed by atoms with Crippen LogP contribution in [0.15, 0.2) is 30.6 Å². The van der Waals surface area contributed by atoms with Gasteiger partial charge in [0.05, 0.1) is 11.7 Å². The van der Waals surface area contributed by atoms with Crippen molar-refractivity contribution in [1.82, 2.24) is 15.0 Å². The monoisotopic (exact) mass is 308 g/mol. The van der Waals surface area contributed by atoms with Crippen molar-refractivity contribution >= 4 is 5.95 Å². The van der Waals surface area contributed by atoms with Crippen molar-refractivity contribution < 1.29 is 0 Å². The number of hydrogen-bond acceptors (Lipinski definition) is 4. The van der Waals surface area contributed by atoms with E-state index in [9.17, 15) is 0 Å². The van der Waals surface area contributed by atoms with Gasteiger partial charge in [0.15, 0.2) is 0 Å². The van der Waals surface area contributed by atoms with Crippen LogP contribution >= 0.6 is 0 Å². The molecule has 0 saturated heterocycles. The van der Waals surface area contributed by atoms with Gasteiger partial charge in [-0.1, -0.05) is 18.9 Å². The summed E-state index contributed by atoms with van der Waals surface area (Å²) in [5, 5.41) is 3.58. The summed E-state index contributed by atoms with van der Waals surface area (Å²) in [7, 11) is 0. The average Bonchev–Trinajstić information content (AvgIpc) is 3.27. The van der Waals surface area contributed by atoms with Gasteiger partial charge in [-0.2, -0.15) is 0 Å². The number of nitrogens with zero attached hydrogens (tertiary/aromatic N) is 3. The highest BCUT2D eigenvalue weighted by atomic mass is 15.1. The molecular weight excluding hydrogens is 284 g/mol. The highest BCUT2D eigenvalue weighted by Crippen LogP contribution is 2.42. The highest BCUT2D eigenvalue weighted by molar-refractivity contribution is 5.35. The summed E-state index contributed by atoms with van der Waals surface area (Å²) in [4.78, 5) is 13.9. The van der Waals surface area contributed by atoms with E-state index in [1.165, 1.54) is 49.8 Å². The molecule has 4 heteroatoms. The maximum Gasteiger partial charge on any atom is 0.223 e. The molecule has 2 fully saturated rings. The minimum Gasteiger partial charge on any atom is -0.346 e. The summed E-state index contributed by atoms with van der Waals surface area (Å²) in [6.07, 6.45) is 11.5. The van der Waals surface area contributed by atoms with E-state index in [-0.39, 0.29) is 6.04 Å². The van der Waals surface area contributed by atoms with Crippen LogP contribution in [0.4, 0.5) is 5.95 Å². The van der Waals surface area contributed by atoms with Gasteiger partial charge in [0.25, 0.3) is 0 Å². The average molecular weight is 308 g/mol. The van der Waals surface area contributed by atoms with Crippen LogP contribution in [0.5, 0.6) is 0 Å². The van der Waals surface area contributed by atoms with Gasteiger partial charge in [-0.3, -0.25) is 4.98 Å². The summed E-state index contributed by atoms with van der Waals surface area (Å²) in [5.41, 5.74) is 3.58. The minimum atomic E-state index is 0.232. The zero-order valence-electron chi connectivity index (χ0n) is 13.7. The van der Waals surface area contributed by atoms with Crippen molar-refractivity contribution in [3.8, 4) is 0 Å². The lowest BCUT2D eigenvalue weighted by molar-refractivity contribution is 0.641. The van der Waals surface area contributed by atoms with Crippen molar-refractivity contribution in [3.05, 3.63) is 47.5 Å². The lowest BCUT2D eigenvalue weighted by atomic mass is 10.0. The van der Waals surface area contributed by atoms with E-state index in [0.29, 0.717) is 11.8 Å². The zero-order chi connectivity index (χ0) is 15.6. The predicted molar refractivity (Wildman–Crippen MR) is 91.3 cm³/mol. The Morgan fingerprint density at radius 3 is 2.61 bits per heavy atom. The first-order valence-corrected chi connectivity index (χ1v) is 8.82. The summed E-state index contributed by atoms with van der Waals surface area (Å²) < 4.78 is 0. The quantitative estimate of drug-likeness (QED) is 0.889. The number of aryl methyl sites for hydroxylation is 1. The lowest BCUT2D eigenvalue weighted by Crippen LogP contribution is -2.18. The Morgan fingerprint density at radius 2 is 1.87 bits per heavy atom. The first-order valence-electron chi connectivity index (χ1n) is 8.82. The molecule has 1 N–H and O–H groups in total. The number of nitrogens with one attached hydrogen (secondary N) is 1. The fourth-order valence-corrected chi connectivity index (χ4v) is 3.69. The van der Waals surface area contributed by atoms with E-state index in [0.717, 1.165) is 11.6 Å². The molecule has 0 aromatic carbocycles. The molecule has 2 aromatic rings. The Morgan fingerprint density at radius 1 is 1.04 bits per heavy atom. The number of anilines is 1. The minimum absolute atomic E-state index is 0.232. The smallest absolute Gasteiger partial charge is 0.223 e. The first kappa shape index (κ1) is 14.6. The molecule has 0 amide bonds. The molecule has 4 nitrogen and oxygen atoms in total. The Balaban J connectivity index is 1.57. The fraction of sp³-hybridized carbons (Fsp3) is 0.526. The number of hydrogen-bond donors (Lipinski definition) is 1. The molecule has 2 saturated carbocycles. The topological polar surface area (TPSA) is 50.7 Å². The van der Waals surface area contributed by atoms with Gasteiger partial charge >= 0.3 is 0 Å². The summed E-state index contributed by atoms with van der Waals surface area (Å²) in [6, 6.07) is 6.45. The number of pyridine rings is 1. The molecule has 0 radical (unpaired) electrons.